The van der Waals surface area contributed by atoms with E-state index in [9.17, 15) is 4.79 Å². The molecule has 0 rings (SSSR count). The van der Waals surface area contributed by atoms with E-state index in [1.165, 1.54) is 0 Å². The number of nitrogens with zero attached hydrogens (tertiary/aromatic N) is 1. The molecule has 0 unspecified atom stereocenters. The summed E-state index contributed by atoms with van der Waals surface area (Å²) in [4.78, 5) is 13.6. The van der Waals surface area contributed by atoms with Gasteiger partial charge in [-0.15, -0.1) is 0 Å². The topological polar surface area (TPSA) is 32.3 Å². The predicted molar refractivity (Wildman–Crippen MR) is 60.3 cm³/mol. The summed E-state index contributed by atoms with van der Waals surface area (Å²) in [6.45, 7) is 9.75. The number of hydrogen-bond donors (Lipinski definition) is 1. The molecule has 0 spiro atoms. The van der Waals surface area contributed by atoms with Crippen LogP contribution in [0.25, 0.3) is 0 Å². The Morgan fingerprint density at radius 2 is 1.64 bits per heavy atom. The molecule has 0 atom stereocenters. The van der Waals surface area contributed by atoms with Crippen LogP contribution in [0.15, 0.2) is 0 Å². The molecule has 0 bridgehead atoms. The maximum atomic E-state index is 11.4. The molecule has 0 radical (unpaired) electrons. The highest BCUT2D eigenvalue weighted by Gasteiger charge is 2.07. The fourth-order valence-electron chi connectivity index (χ4n) is 1.43. The maximum Gasteiger partial charge on any atom is 0.234 e. The zero-order valence-electron chi connectivity index (χ0n) is 9.81. The second kappa shape index (κ2) is 9.00. The third-order valence-corrected chi connectivity index (χ3v) is 2.02. The van der Waals surface area contributed by atoms with Gasteiger partial charge in [-0.05, 0) is 32.4 Å². The van der Waals surface area contributed by atoms with Crippen LogP contribution in [0.5, 0.6) is 0 Å². The molecule has 0 aliphatic rings. The highest BCUT2D eigenvalue weighted by atomic mass is 16.2. The highest BCUT2D eigenvalue weighted by Crippen LogP contribution is 1.93. The summed E-state index contributed by atoms with van der Waals surface area (Å²) in [5.41, 5.74) is 0. The zero-order valence-corrected chi connectivity index (χ0v) is 9.81. The molecule has 14 heavy (non-hydrogen) atoms. The smallest absolute Gasteiger partial charge is 0.234 e. The molecule has 3 nitrogen and oxygen atoms in total. The molecule has 0 aromatic heterocycles. The summed E-state index contributed by atoms with van der Waals surface area (Å²) in [7, 11) is 0. The summed E-state index contributed by atoms with van der Waals surface area (Å²) in [6, 6.07) is 0. The highest BCUT2D eigenvalue weighted by molar-refractivity contribution is 5.77. The summed E-state index contributed by atoms with van der Waals surface area (Å²) < 4.78 is 0. The van der Waals surface area contributed by atoms with E-state index in [1.807, 2.05) is 0 Å². The number of amides is 1. The Morgan fingerprint density at radius 3 is 2.07 bits per heavy atom. The summed E-state index contributed by atoms with van der Waals surface area (Å²) >= 11 is 0. The van der Waals surface area contributed by atoms with Crippen LogP contribution in [0.4, 0.5) is 0 Å². The molecule has 0 aliphatic carbocycles. The van der Waals surface area contributed by atoms with Crippen LogP contribution in [0, 0.1) is 0 Å². The summed E-state index contributed by atoms with van der Waals surface area (Å²) in [5, 5.41) is 2.90. The first-order valence-electron chi connectivity index (χ1n) is 5.73. The van der Waals surface area contributed by atoms with Crippen LogP contribution in [0.3, 0.4) is 0 Å². The molecule has 1 N–H and O–H groups in total. The molecule has 0 aromatic carbocycles. The monoisotopic (exact) mass is 200 g/mol. The second-order valence-electron chi connectivity index (χ2n) is 3.63. The fourth-order valence-corrected chi connectivity index (χ4v) is 1.43. The average molecular weight is 200 g/mol. The Kier molecular flexibility index (Phi) is 8.64. The van der Waals surface area contributed by atoms with Gasteiger partial charge in [-0.25, -0.2) is 0 Å². The Labute approximate surface area is 87.9 Å². The molecular formula is C11H24N2O. The van der Waals surface area contributed by atoms with Crippen molar-refractivity contribution in [2.24, 2.45) is 0 Å². The minimum Gasteiger partial charge on any atom is -0.355 e. The van der Waals surface area contributed by atoms with Gasteiger partial charge >= 0.3 is 0 Å². The van der Waals surface area contributed by atoms with Gasteiger partial charge < -0.3 is 5.32 Å². The van der Waals surface area contributed by atoms with E-state index < -0.39 is 0 Å². The molecule has 84 valence electrons. The number of rotatable bonds is 8. The molecule has 0 fully saturated rings. The van der Waals surface area contributed by atoms with Gasteiger partial charge in [0.15, 0.2) is 0 Å². The van der Waals surface area contributed by atoms with Crippen LogP contribution in [-0.4, -0.2) is 37.0 Å². The van der Waals surface area contributed by atoms with E-state index in [1.54, 1.807) is 0 Å². The van der Waals surface area contributed by atoms with Gasteiger partial charge in [0.2, 0.25) is 5.91 Å². The van der Waals surface area contributed by atoms with Crippen molar-refractivity contribution in [3.8, 4) is 0 Å². The molecule has 0 saturated carbocycles. The molecule has 1 amide bonds. The first-order valence-corrected chi connectivity index (χ1v) is 5.73. The molecule has 3 heteroatoms. The van der Waals surface area contributed by atoms with Gasteiger partial charge in [0.25, 0.3) is 0 Å². The van der Waals surface area contributed by atoms with Gasteiger partial charge in [-0.1, -0.05) is 20.8 Å². The second-order valence-corrected chi connectivity index (χ2v) is 3.63. The molecular weight excluding hydrogens is 176 g/mol. The lowest BCUT2D eigenvalue weighted by molar-refractivity contribution is -0.122. The van der Waals surface area contributed by atoms with Crippen molar-refractivity contribution in [2.75, 3.05) is 26.2 Å². The Hall–Kier alpha value is -0.570. The van der Waals surface area contributed by atoms with Crippen LogP contribution in [0.2, 0.25) is 0 Å². The van der Waals surface area contributed by atoms with E-state index in [-0.39, 0.29) is 5.91 Å². The SMILES string of the molecule is CCCNC(=O)CN(CCC)CCC. The first kappa shape index (κ1) is 13.4. The maximum absolute atomic E-state index is 11.4. The Bertz CT molecular complexity index is 142. The van der Waals surface area contributed by atoms with Crippen LogP contribution >= 0.6 is 0 Å². The van der Waals surface area contributed by atoms with Crippen LogP contribution in [0.1, 0.15) is 40.0 Å². The minimum absolute atomic E-state index is 0.161. The average Bonchev–Trinajstić information content (AvgIpc) is 2.15. The predicted octanol–water partition coefficient (Wildman–Crippen LogP) is 1.63. The zero-order chi connectivity index (χ0) is 10.8. The van der Waals surface area contributed by atoms with E-state index in [2.05, 4.69) is 31.0 Å². The van der Waals surface area contributed by atoms with E-state index in [0.29, 0.717) is 6.54 Å². The quantitative estimate of drug-likeness (QED) is 0.646. The van der Waals surface area contributed by atoms with Gasteiger partial charge in [0.05, 0.1) is 6.54 Å². The van der Waals surface area contributed by atoms with E-state index in [0.717, 1.165) is 38.9 Å². The van der Waals surface area contributed by atoms with Crippen molar-refractivity contribution >= 4 is 5.91 Å². The summed E-state index contributed by atoms with van der Waals surface area (Å²) in [5.74, 6) is 0.161. The number of carbonyl (C=O) groups excluding carboxylic acids is 1. The lowest BCUT2D eigenvalue weighted by atomic mass is 10.3. The molecule has 0 aromatic rings. The Balaban J connectivity index is 3.71. The van der Waals surface area contributed by atoms with Crippen molar-refractivity contribution in [3.05, 3.63) is 0 Å². The lowest BCUT2D eigenvalue weighted by Gasteiger charge is -2.19. The molecule has 0 heterocycles. The van der Waals surface area contributed by atoms with Crippen LogP contribution < -0.4 is 5.32 Å². The number of carbonyl (C=O) groups is 1. The third kappa shape index (κ3) is 6.89. The van der Waals surface area contributed by atoms with E-state index >= 15 is 0 Å². The third-order valence-electron chi connectivity index (χ3n) is 2.02. The number of nitrogens with one attached hydrogen (secondary N) is 1. The van der Waals surface area contributed by atoms with Gasteiger partial charge in [0, 0.05) is 6.54 Å². The standard InChI is InChI=1S/C11H24N2O/c1-4-7-12-11(14)10-13(8-5-2)9-6-3/h4-10H2,1-3H3,(H,12,14). The minimum atomic E-state index is 0.161. The van der Waals surface area contributed by atoms with Crippen molar-refractivity contribution in [1.29, 1.82) is 0 Å². The van der Waals surface area contributed by atoms with Gasteiger partial charge in [-0.2, -0.15) is 0 Å². The molecule has 0 saturated heterocycles. The Morgan fingerprint density at radius 1 is 1.07 bits per heavy atom. The van der Waals surface area contributed by atoms with Crippen molar-refractivity contribution in [3.63, 3.8) is 0 Å². The van der Waals surface area contributed by atoms with Gasteiger partial charge in [-0.3, -0.25) is 9.69 Å². The molecule has 0 aliphatic heterocycles. The van der Waals surface area contributed by atoms with Crippen molar-refractivity contribution in [2.45, 2.75) is 40.0 Å². The van der Waals surface area contributed by atoms with Crippen molar-refractivity contribution < 1.29 is 4.79 Å². The van der Waals surface area contributed by atoms with Gasteiger partial charge in [0.1, 0.15) is 0 Å². The number of hydrogen-bond acceptors (Lipinski definition) is 2. The lowest BCUT2D eigenvalue weighted by Crippen LogP contribution is -2.38. The largest absolute Gasteiger partial charge is 0.355 e. The van der Waals surface area contributed by atoms with Crippen molar-refractivity contribution in [1.82, 2.24) is 10.2 Å². The normalized spacial score (nSPS) is 10.6. The first-order chi connectivity index (χ1) is 6.74. The van der Waals surface area contributed by atoms with E-state index in [4.69, 9.17) is 0 Å². The fraction of sp³-hybridized carbons (Fsp3) is 0.909. The van der Waals surface area contributed by atoms with Crippen LogP contribution in [-0.2, 0) is 4.79 Å². The summed E-state index contributed by atoms with van der Waals surface area (Å²) in [6.07, 6.45) is 3.23.